The summed E-state index contributed by atoms with van der Waals surface area (Å²) in [5, 5.41) is 10.1. The molecule has 0 aliphatic carbocycles. The van der Waals surface area contributed by atoms with Crippen molar-refractivity contribution in [2.45, 2.75) is 18.9 Å². The van der Waals surface area contributed by atoms with Crippen molar-refractivity contribution in [2.24, 2.45) is 0 Å². The highest BCUT2D eigenvalue weighted by Crippen LogP contribution is 2.29. The number of nitrogens with one attached hydrogen (secondary N) is 2. The average molecular weight is 417 g/mol. The second-order valence-electron chi connectivity index (χ2n) is 7.53. The summed E-state index contributed by atoms with van der Waals surface area (Å²) in [6.45, 7) is 1.36. The molecule has 31 heavy (non-hydrogen) atoms. The summed E-state index contributed by atoms with van der Waals surface area (Å²) in [7, 11) is 1.61. The first-order valence-electron chi connectivity index (χ1n) is 10.3. The highest BCUT2D eigenvalue weighted by Gasteiger charge is 2.29. The smallest absolute Gasteiger partial charge is 0.298 e. The molecule has 8 nitrogen and oxygen atoms in total. The molecule has 2 aromatic carbocycles. The van der Waals surface area contributed by atoms with E-state index in [9.17, 15) is 4.79 Å². The van der Waals surface area contributed by atoms with Crippen molar-refractivity contribution in [3.8, 4) is 17.0 Å². The Labute approximate surface area is 179 Å². The SMILES string of the molecule is COc1ccccc1-c1cc(C(=O)NCC2CCCN2c2nc3ccccc3o2)[nH]n1. The third kappa shape index (κ3) is 3.72. The lowest BCUT2D eigenvalue weighted by Crippen LogP contribution is -2.40. The predicted molar refractivity (Wildman–Crippen MR) is 117 cm³/mol. The fourth-order valence-electron chi connectivity index (χ4n) is 4.02. The van der Waals surface area contributed by atoms with E-state index in [0.29, 0.717) is 29.7 Å². The van der Waals surface area contributed by atoms with Crippen molar-refractivity contribution in [3.63, 3.8) is 0 Å². The number of anilines is 1. The summed E-state index contributed by atoms with van der Waals surface area (Å²) < 4.78 is 11.3. The number of methoxy groups -OCH3 is 1. The van der Waals surface area contributed by atoms with Crippen LogP contribution in [-0.2, 0) is 0 Å². The molecule has 0 saturated carbocycles. The lowest BCUT2D eigenvalue weighted by Gasteiger charge is -2.22. The monoisotopic (exact) mass is 417 g/mol. The van der Waals surface area contributed by atoms with E-state index < -0.39 is 0 Å². The minimum absolute atomic E-state index is 0.133. The summed E-state index contributed by atoms with van der Waals surface area (Å²) >= 11 is 0. The zero-order chi connectivity index (χ0) is 21.2. The molecule has 1 unspecified atom stereocenters. The van der Waals surface area contributed by atoms with Crippen molar-refractivity contribution in [3.05, 3.63) is 60.3 Å². The first-order valence-corrected chi connectivity index (χ1v) is 10.3. The topological polar surface area (TPSA) is 96.3 Å². The van der Waals surface area contributed by atoms with Gasteiger partial charge in [0.25, 0.3) is 11.9 Å². The lowest BCUT2D eigenvalue weighted by molar-refractivity contribution is 0.0946. The van der Waals surface area contributed by atoms with Gasteiger partial charge in [0.15, 0.2) is 5.58 Å². The molecule has 5 rings (SSSR count). The van der Waals surface area contributed by atoms with Crippen molar-refractivity contribution in [1.29, 1.82) is 0 Å². The molecule has 1 fully saturated rings. The highest BCUT2D eigenvalue weighted by molar-refractivity contribution is 5.93. The molecule has 1 aliphatic rings. The van der Waals surface area contributed by atoms with Crippen LogP contribution >= 0.6 is 0 Å². The maximum atomic E-state index is 12.7. The summed E-state index contributed by atoms with van der Waals surface area (Å²) in [6.07, 6.45) is 2.00. The van der Waals surface area contributed by atoms with Gasteiger partial charge in [-0.2, -0.15) is 10.1 Å². The van der Waals surface area contributed by atoms with Crippen LogP contribution in [0.4, 0.5) is 6.01 Å². The zero-order valence-electron chi connectivity index (χ0n) is 17.2. The van der Waals surface area contributed by atoms with E-state index in [1.54, 1.807) is 13.2 Å². The number of rotatable bonds is 6. The molecular formula is C23H23N5O3. The number of amides is 1. The molecule has 2 aromatic heterocycles. The Hall–Kier alpha value is -3.81. The van der Waals surface area contributed by atoms with Crippen LogP contribution in [0, 0.1) is 0 Å². The van der Waals surface area contributed by atoms with E-state index in [1.807, 2.05) is 48.5 Å². The van der Waals surface area contributed by atoms with Gasteiger partial charge in [0.2, 0.25) is 0 Å². The Kier molecular flexibility index (Phi) is 5.03. The molecule has 158 valence electrons. The van der Waals surface area contributed by atoms with Gasteiger partial charge in [0.1, 0.15) is 17.0 Å². The number of aromatic nitrogens is 3. The van der Waals surface area contributed by atoms with Gasteiger partial charge in [-0.15, -0.1) is 0 Å². The molecular weight excluding hydrogens is 394 g/mol. The Balaban J connectivity index is 1.26. The third-order valence-corrected chi connectivity index (χ3v) is 5.61. The Morgan fingerprint density at radius 3 is 2.97 bits per heavy atom. The second kappa shape index (κ2) is 8.14. The van der Waals surface area contributed by atoms with Gasteiger partial charge in [-0.25, -0.2) is 0 Å². The highest BCUT2D eigenvalue weighted by atomic mass is 16.5. The molecule has 2 N–H and O–H groups in total. The number of H-pyrrole nitrogens is 1. The number of para-hydroxylation sites is 3. The first kappa shape index (κ1) is 19.2. The largest absolute Gasteiger partial charge is 0.496 e. The minimum Gasteiger partial charge on any atom is -0.496 e. The van der Waals surface area contributed by atoms with Crippen LogP contribution in [0.5, 0.6) is 5.75 Å². The van der Waals surface area contributed by atoms with Gasteiger partial charge in [0, 0.05) is 18.7 Å². The normalized spacial score (nSPS) is 16.0. The number of oxazole rings is 1. The number of aromatic amines is 1. The maximum absolute atomic E-state index is 12.7. The summed E-state index contributed by atoms with van der Waals surface area (Å²) in [6, 6.07) is 17.8. The molecule has 1 amide bonds. The molecule has 1 atom stereocenters. The average Bonchev–Trinajstić information content (AvgIpc) is 3.56. The van der Waals surface area contributed by atoms with Crippen LogP contribution in [0.3, 0.4) is 0 Å². The molecule has 3 heterocycles. The summed E-state index contributed by atoms with van der Waals surface area (Å²) in [4.78, 5) is 19.4. The van der Waals surface area contributed by atoms with Gasteiger partial charge < -0.3 is 19.4 Å². The molecule has 1 saturated heterocycles. The minimum atomic E-state index is -0.196. The quantitative estimate of drug-likeness (QED) is 0.497. The fraction of sp³-hybridized carbons (Fsp3) is 0.261. The number of carbonyl (C=O) groups excluding carboxylic acids is 1. The summed E-state index contributed by atoms with van der Waals surface area (Å²) in [5.74, 6) is 0.513. The zero-order valence-corrected chi connectivity index (χ0v) is 17.2. The number of carbonyl (C=O) groups is 1. The van der Waals surface area contributed by atoms with Crippen molar-refractivity contribution in [1.82, 2.24) is 20.5 Å². The Morgan fingerprint density at radius 2 is 2.10 bits per heavy atom. The maximum Gasteiger partial charge on any atom is 0.298 e. The molecule has 8 heteroatoms. The van der Waals surface area contributed by atoms with Crippen LogP contribution in [0.25, 0.3) is 22.4 Å². The van der Waals surface area contributed by atoms with Crippen molar-refractivity contribution >= 4 is 23.0 Å². The summed E-state index contributed by atoms with van der Waals surface area (Å²) in [5.41, 5.74) is 3.52. The van der Waals surface area contributed by atoms with Crippen LogP contribution in [-0.4, -0.2) is 47.3 Å². The van der Waals surface area contributed by atoms with Gasteiger partial charge in [-0.3, -0.25) is 9.89 Å². The number of benzene rings is 2. The van der Waals surface area contributed by atoms with E-state index >= 15 is 0 Å². The van der Waals surface area contributed by atoms with E-state index in [2.05, 4.69) is 25.4 Å². The second-order valence-corrected chi connectivity index (χ2v) is 7.53. The van der Waals surface area contributed by atoms with E-state index in [-0.39, 0.29) is 11.9 Å². The van der Waals surface area contributed by atoms with Gasteiger partial charge in [-0.05, 0) is 43.2 Å². The Bertz CT molecular complexity index is 1180. The number of hydrogen-bond donors (Lipinski definition) is 2. The standard InChI is InChI=1S/C23H23N5O3/c1-30-20-10-4-2-8-16(20)18-13-19(27-26-18)22(29)24-14-15-7-6-12-28(15)23-25-17-9-3-5-11-21(17)31-23/h2-5,8-11,13,15H,6-7,12,14H2,1H3,(H,24,29)(H,26,27). The molecule has 0 spiro atoms. The van der Waals surface area contributed by atoms with Gasteiger partial charge >= 0.3 is 0 Å². The van der Waals surface area contributed by atoms with Crippen LogP contribution < -0.4 is 15.0 Å². The fourth-order valence-corrected chi connectivity index (χ4v) is 4.02. The number of hydrogen-bond acceptors (Lipinski definition) is 6. The molecule has 0 radical (unpaired) electrons. The Morgan fingerprint density at radius 1 is 1.26 bits per heavy atom. The third-order valence-electron chi connectivity index (χ3n) is 5.61. The van der Waals surface area contributed by atoms with Crippen molar-refractivity contribution < 1.29 is 13.9 Å². The molecule has 4 aromatic rings. The van der Waals surface area contributed by atoms with Crippen LogP contribution in [0.1, 0.15) is 23.3 Å². The van der Waals surface area contributed by atoms with E-state index in [0.717, 1.165) is 36.0 Å². The van der Waals surface area contributed by atoms with Gasteiger partial charge in [-0.1, -0.05) is 24.3 Å². The van der Waals surface area contributed by atoms with E-state index in [4.69, 9.17) is 9.15 Å². The first-order chi connectivity index (χ1) is 15.2. The lowest BCUT2D eigenvalue weighted by atomic mass is 10.1. The van der Waals surface area contributed by atoms with Crippen molar-refractivity contribution in [2.75, 3.05) is 25.1 Å². The number of nitrogens with zero attached hydrogens (tertiary/aromatic N) is 3. The van der Waals surface area contributed by atoms with Gasteiger partial charge in [0.05, 0.1) is 18.8 Å². The van der Waals surface area contributed by atoms with Crippen LogP contribution in [0.2, 0.25) is 0 Å². The number of ether oxygens (including phenoxy) is 1. The molecule has 0 bridgehead atoms. The molecule has 1 aliphatic heterocycles. The number of fused-ring (bicyclic) bond motifs is 1. The predicted octanol–water partition coefficient (Wildman–Crippen LogP) is 3.63. The van der Waals surface area contributed by atoms with Crippen LogP contribution in [0.15, 0.2) is 59.0 Å². The van der Waals surface area contributed by atoms with E-state index in [1.165, 1.54) is 0 Å².